The predicted molar refractivity (Wildman–Crippen MR) is 109 cm³/mol. The third-order valence-corrected chi connectivity index (χ3v) is 5.33. The first-order chi connectivity index (χ1) is 13.7. The summed E-state index contributed by atoms with van der Waals surface area (Å²) in [6, 6.07) is 13.0. The molecule has 6 heteroatoms. The Morgan fingerprint density at radius 1 is 1.14 bits per heavy atom. The maximum absolute atomic E-state index is 13.3. The number of para-hydroxylation sites is 1. The van der Waals surface area contributed by atoms with Crippen LogP contribution >= 0.6 is 0 Å². The molecule has 3 rings (SSSR count). The second-order valence-corrected chi connectivity index (χ2v) is 7.47. The van der Waals surface area contributed by atoms with Crippen molar-refractivity contribution in [3.8, 4) is 0 Å². The highest BCUT2D eigenvalue weighted by atomic mass is 19.4. The minimum Gasteiger partial charge on any atom is -0.354 e. The van der Waals surface area contributed by atoms with Gasteiger partial charge in [-0.15, -0.1) is 0 Å². The van der Waals surface area contributed by atoms with Crippen LogP contribution in [0.5, 0.6) is 0 Å². The van der Waals surface area contributed by atoms with E-state index in [2.05, 4.69) is 5.32 Å². The number of halogens is 3. The van der Waals surface area contributed by atoms with Gasteiger partial charge in [0.2, 0.25) is 5.91 Å². The van der Waals surface area contributed by atoms with E-state index in [1.165, 1.54) is 6.07 Å². The highest BCUT2D eigenvalue weighted by molar-refractivity contribution is 5.86. The molecule has 2 aromatic carbocycles. The monoisotopic (exact) mass is 402 g/mol. The van der Waals surface area contributed by atoms with Crippen LogP contribution in [0.1, 0.15) is 49.3 Å². The van der Waals surface area contributed by atoms with Crippen LogP contribution in [0.15, 0.2) is 54.7 Å². The topological polar surface area (TPSA) is 34.0 Å². The zero-order valence-corrected chi connectivity index (χ0v) is 16.8. The Labute approximate surface area is 168 Å². The van der Waals surface area contributed by atoms with E-state index in [0.29, 0.717) is 5.56 Å². The Bertz CT molecular complexity index is 1010. The number of alkyl halides is 3. The zero-order chi connectivity index (χ0) is 21.2. The van der Waals surface area contributed by atoms with Crippen molar-refractivity contribution < 1.29 is 18.0 Å². The number of hydrogen-bond donors (Lipinski definition) is 1. The first kappa shape index (κ1) is 21.0. The smallest absolute Gasteiger partial charge is 0.354 e. The molecular formula is C23H25F3N2O. The van der Waals surface area contributed by atoms with Crippen molar-refractivity contribution in [3.63, 3.8) is 0 Å². The number of hydrogen-bond acceptors (Lipinski definition) is 1. The molecule has 3 aromatic rings. The normalized spacial score (nSPS) is 14.0. The van der Waals surface area contributed by atoms with Crippen molar-refractivity contribution in [3.05, 3.63) is 71.4 Å². The van der Waals surface area contributed by atoms with Gasteiger partial charge in [-0.3, -0.25) is 4.79 Å². The average Bonchev–Trinajstić information content (AvgIpc) is 3.02. The molecule has 0 unspecified atom stereocenters. The van der Waals surface area contributed by atoms with Gasteiger partial charge in [0.1, 0.15) is 0 Å². The van der Waals surface area contributed by atoms with Gasteiger partial charge in [0.15, 0.2) is 0 Å². The molecule has 2 atom stereocenters. The summed E-state index contributed by atoms with van der Waals surface area (Å²) >= 11 is 0. The molecule has 0 bridgehead atoms. The molecule has 3 nitrogen and oxygen atoms in total. The number of amides is 1. The fourth-order valence-corrected chi connectivity index (χ4v) is 3.61. The number of fused-ring (bicyclic) bond motifs is 1. The Balaban J connectivity index is 2.08. The Hall–Kier alpha value is -2.76. The first-order valence-electron chi connectivity index (χ1n) is 9.71. The van der Waals surface area contributed by atoms with Crippen LogP contribution in [0.3, 0.4) is 0 Å². The van der Waals surface area contributed by atoms with Gasteiger partial charge in [-0.1, -0.05) is 43.3 Å². The summed E-state index contributed by atoms with van der Waals surface area (Å²) in [5.41, 5.74) is 1.60. The Morgan fingerprint density at radius 2 is 1.86 bits per heavy atom. The molecule has 0 saturated heterocycles. The minimum atomic E-state index is -4.43. The number of rotatable bonds is 6. The molecule has 1 amide bonds. The van der Waals surface area contributed by atoms with Gasteiger partial charge >= 0.3 is 6.18 Å². The van der Waals surface area contributed by atoms with Crippen molar-refractivity contribution in [1.82, 2.24) is 9.88 Å². The molecule has 0 radical (unpaired) electrons. The number of carbonyl (C=O) groups excluding carboxylic acids is 1. The van der Waals surface area contributed by atoms with E-state index >= 15 is 0 Å². The quantitative estimate of drug-likeness (QED) is 0.569. The lowest BCUT2D eigenvalue weighted by Crippen LogP contribution is -2.33. The van der Waals surface area contributed by atoms with Crippen molar-refractivity contribution in [1.29, 1.82) is 0 Å². The fourth-order valence-electron chi connectivity index (χ4n) is 3.61. The van der Waals surface area contributed by atoms with E-state index in [9.17, 15) is 18.0 Å². The van der Waals surface area contributed by atoms with E-state index in [1.807, 2.05) is 55.9 Å². The average molecular weight is 402 g/mol. The van der Waals surface area contributed by atoms with Crippen LogP contribution in [0, 0.1) is 0 Å². The second kappa shape index (κ2) is 8.31. The van der Waals surface area contributed by atoms with Gasteiger partial charge in [-0.05, 0) is 36.6 Å². The summed E-state index contributed by atoms with van der Waals surface area (Å²) in [5, 5.41) is 3.87. The van der Waals surface area contributed by atoms with Gasteiger partial charge < -0.3 is 9.88 Å². The number of carbonyl (C=O) groups is 1. The SMILES string of the molecule is CC[C@@H](C)NC(=O)C[C@@H](c1cccc(C(F)(F)F)c1)c1cn(C)c2ccccc12. The first-order valence-corrected chi connectivity index (χ1v) is 9.71. The molecule has 1 heterocycles. The van der Waals surface area contributed by atoms with Gasteiger partial charge in [0.25, 0.3) is 0 Å². The molecule has 1 N–H and O–H groups in total. The summed E-state index contributed by atoms with van der Waals surface area (Å²) in [4.78, 5) is 12.7. The molecule has 29 heavy (non-hydrogen) atoms. The molecule has 0 fully saturated rings. The third-order valence-electron chi connectivity index (χ3n) is 5.33. The van der Waals surface area contributed by atoms with Crippen LogP contribution in [0.4, 0.5) is 13.2 Å². The van der Waals surface area contributed by atoms with Gasteiger partial charge in [-0.25, -0.2) is 0 Å². The van der Waals surface area contributed by atoms with Crippen molar-refractivity contribution in [2.24, 2.45) is 7.05 Å². The van der Waals surface area contributed by atoms with Crippen molar-refractivity contribution in [2.45, 2.75) is 44.8 Å². The van der Waals surface area contributed by atoms with E-state index in [4.69, 9.17) is 0 Å². The van der Waals surface area contributed by atoms with Crippen LogP contribution in [-0.2, 0) is 18.0 Å². The standard InChI is InChI=1S/C23H25F3N2O/c1-4-15(2)27-22(29)13-19(16-8-7-9-17(12-16)23(24,25)26)20-14-28(3)21-11-6-5-10-18(20)21/h5-12,14-15,19H,4,13H2,1-3H3,(H,27,29)/t15-,19+/m1/s1. The van der Waals surface area contributed by atoms with Crippen molar-refractivity contribution >= 4 is 16.8 Å². The summed E-state index contributed by atoms with van der Waals surface area (Å²) in [6.07, 6.45) is -1.65. The molecule has 0 aliphatic rings. The van der Waals surface area contributed by atoms with Crippen molar-refractivity contribution in [2.75, 3.05) is 0 Å². The molecule has 0 aliphatic heterocycles. The van der Waals surface area contributed by atoms with E-state index in [0.717, 1.165) is 35.0 Å². The third kappa shape index (κ3) is 4.63. The van der Waals surface area contributed by atoms with Crippen LogP contribution in [0.2, 0.25) is 0 Å². The summed E-state index contributed by atoms with van der Waals surface area (Å²) in [5.74, 6) is -0.651. The fraction of sp³-hybridized carbons (Fsp3) is 0.348. The van der Waals surface area contributed by atoms with Crippen LogP contribution in [-0.4, -0.2) is 16.5 Å². The van der Waals surface area contributed by atoms with E-state index < -0.39 is 17.7 Å². The number of benzene rings is 2. The number of nitrogens with one attached hydrogen (secondary N) is 1. The maximum Gasteiger partial charge on any atom is 0.416 e. The van der Waals surface area contributed by atoms with Gasteiger partial charge in [-0.2, -0.15) is 13.2 Å². The Morgan fingerprint density at radius 3 is 2.55 bits per heavy atom. The van der Waals surface area contributed by atoms with Crippen LogP contribution < -0.4 is 5.32 Å². The highest BCUT2D eigenvalue weighted by Crippen LogP contribution is 2.37. The molecule has 154 valence electrons. The number of aromatic nitrogens is 1. The lowest BCUT2D eigenvalue weighted by molar-refractivity contribution is -0.137. The zero-order valence-electron chi connectivity index (χ0n) is 16.8. The largest absolute Gasteiger partial charge is 0.416 e. The predicted octanol–water partition coefficient (Wildman–Crippen LogP) is 5.63. The Kier molecular flexibility index (Phi) is 6.01. The van der Waals surface area contributed by atoms with Crippen LogP contribution in [0.25, 0.3) is 10.9 Å². The van der Waals surface area contributed by atoms with E-state index in [-0.39, 0.29) is 18.4 Å². The van der Waals surface area contributed by atoms with Gasteiger partial charge in [0, 0.05) is 42.5 Å². The minimum absolute atomic E-state index is 0.0113. The van der Waals surface area contributed by atoms with Gasteiger partial charge in [0.05, 0.1) is 5.56 Å². The number of nitrogens with zero attached hydrogens (tertiary/aromatic N) is 1. The molecule has 1 aromatic heterocycles. The van der Waals surface area contributed by atoms with E-state index in [1.54, 1.807) is 6.07 Å². The molecule has 0 saturated carbocycles. The lowest BCUT2D eigenvalue weighted by atomic mass is 9.87. The second-order valence-electron chi connectivity index (χ2n) is 7.47. The lowest BCUT2D eigenvalue weighted by Gasteiger charge is -2.20. The summed E-state index contributed by atoms with van der Waals surface area (Å²) in [6.45, 7) is 3.88. The highest BCUT2D eigenvalue weighted by Gasteiger charge is 2.32. The number of aryl methyl sites for hydroxylation is 1. The molecular weight excluding hydrogens is 377 g/mol. The molecule has 0 aliphatic carbocycles. The summed E-state index contributed by atoms with van der Waals surface area (Å²) in [7, 11) is 1.90. The summed E-state index contributed by atoms with van der Waals surface area (Å²) < 4.78 is 41.8. The molecule has 0 spiro atoms. The maximum atomic E-state index is 13.3.